The topological polar surface area (TPSA) is 223 Å². The van der Waals surface area contributed by atoms with Crippen LogP contribution in [0.4, 0.5) is 17.1 Å². The molecular formula is C23H21N3O10S3. The summed E-state index contributed by atoms with van der Waals surface area (Å²) in [5.74, 6) is -1.01. The van der Waals surface area contributed by atoms with Crippen molar-refractivity contribution in [2.24, 2.45) is 10.2 Å². The van der Waals surface area contributed by atoms with E-state index in [1.807, 2.05) is 0 Å². The van der Waals surface area contributed by atoms with Crippen LogP contribution in [-0.4, -0.2) is 51.8 Å². The van der Waals surface area contributed by atoms with Crippen molar-refractivity contribution in [3.8, 4) is 5.75 Å². The standard InChI is InChI=1S/C23H21N3O10S3/c1-13-10-15-11-16(24)3-5-18(15)22(27)21(13)26-25-20-7-2-14-12-17(4-6-19(14)23(20)38(30,31)32)37(28,29)9-8-36-39(33,34)35/h2-7,10-12,27H,8-9,24H2,1H3,(H,30,31,32)(H,33,34,35). The lowest BCUT2D eigenvalue weighted by atomic mass is 10.0. The molecule has 0 aliphatic heterocycles. The zero-order valence-corrected chi connectivity index (χ0v) is 22.5. The zero-order valence-electron chi connectivity index (χ0n) is 20.0. The highest BCUT2D eigenvalue weighted by Gasteiger charge is 2.23. The summed E-state index contributed by atoms with van der Waals surface area (Å²) >= 11 is 0. The molecule has 5 N–H and O–H groups in total. The van der Waals surface area contributed by atoms with Crippen LogP contribution >= 0.6 is 0 Å². The van der Waals surface area contributed by atoms with Gasteiger partial charge in [0.2, 0.25) is 0 Å². The minimum absolute atomic E-state index is 0.0576. The Bertz CT molecular complexity index is 1990. The van der Waals surface area contributed by atoms with Crippen LogP contribution in [0.5, 0.6) is 5.75 Å². The maximum Gasteiger partial charge on any atom is 0.397 e. The summed E-state index contributed by atoms with van der Waals surface area (Å²) in [6.45, 7) is 0.812. The van der Waals surface area contributed by atoms with E-state index in [0.717, 1.165) is 18.2 Å². The molecule has 0 atom stereocenters. The van der Waals surface area contributed by atoms with Crippen molar-refractivity contribution < 1.29 is 43.6 Å². The van der Waals surface area contributed by atoms with Gasteiger partial charge in [0.05, 0.1) is 17.3 Å². The van der Waals surface area contributed by atoms with Crippen LogP contribution in [0.2, 0.25) is 0 Å². The summed E-state index contributed by atoms with van der Waals surface area (Å²) < 4.78 is 93.7. The van der Waals surface area contributed by atoms with Gasteiger partial charge in [0.15, 0.2) is 15.6 Å². The number of hydrogen-bond acceptors (Lipinski definition) is 11. The fraction of sp³-hybridized carbons (Fsp3) is 0.130. The maximum atomic E-state index is 12.6. The van der Waals surface area contributed by atoms with E-state index < -0.39 is 47.6 Å². The smallest absolute Gasteiger partial charge is 0.397 e. The summed E-state index contributed by atoms with van der Waals surface area (Å²) in [7, 11) is -13.8. The number of rotatable bonds is 8. The van der Waals surface area contributed by atoms with Crippen LogP contribution in [0.1, 0.15) is 5.56 Å². The monoisotopic (exact) mass is 595 g/mol. The third-order valence-corrected chi connectivity index (χ3v) is 8.77. The Morgan fingerprint density at radius 3 is 2.21 bits per heavy atom. The van der Waals surface area contributed by atoms with E-state index in [1.54, 1.807) is 31.2 Å². The number of phenols is 1. The Hall–Kier alpha value is -3.67. The lowest BCUT2D eigenvalue weighted by Gasteiger charge is -2.10. The number of aryl methyl sites for hydroxylation is 1. The van der Waals surface area contributed by atoms with Gasteiger partial charge in [0, 0.05) is 16.5 Å². The van der Waals surface area contributed by atoms with Crippen molar-refractivity contribution in [2.45, 2.75) is 16.7 Å². The summed E-state index contributed by atoms with van der Waals surface area (Å²) in [5, 5.41) is 19.8. The highest BCUT2D eigenvalue weighted by molar-refractivity contribution is 7.91. The molecule has 0 aliphatic rings. The Balaban J connectivity index is 1.78. The number of anilines is 1. The van der Waals surface area contributed by atoms with E-state index in [9.17, 15) is 34.9 Å². The molecule has 0 amide bonds. The zero-order chi connectivity index (χ0) is 28.8. The summed E-state index contributed by atoms with van der Waals surface area (Å²) in [6, 6.07) is 12.4. The third kappa shape index (κ3) is 6.16. The summed E-state index contributed by atoms with van der Waals surface area (Å²) in [4.78, 5) is -0.935. The van der Waals surface area contributed by atoms with E-state index in [2.05, 4.69) is 14.4 Å². The van der Waals surface area contributed by atoms with Crippen LogP contribution in [0.25, 0.3) is 21.5 Å². The number of nitrogen functional groups attached to an aromatic ring is 1. The van der Waals surface area contributed by atoms with Crippen LogP contribution < -0.4 is 5.73 Å². The number of aromatic hydroxyl groups is 1. The van der Waals surface area contributed by atoms with E-state index in [1.165, 1.54) is 12.1 Å². The van der Waals surface area contributed by atoms with Crippen molar-refractivity contribution in [1.82, 2.24) is 0 Å². The van der Waals surface area contributed by atoms with Crippen molar-refractivity contribution in [3.63, 3.8) is 0 Å². The van der Waals surface area contributed by atoms with Gasteiger partial charge in [-0.05, 0) is 65.7 Å². The maximum absolute atomic E-state index is 12.6. The second-order valence-electron chi connectivity index (χ2n) is 8.41. The normalized spacial score (nSPS) is 13.0. The molecule has 0 spiro atoms. The van der Waals surface area contributed by atoms with Crippen LogP contribution in [0.3, 0.4) is 0 Å². The van der Waals surface area contributed by atoms with Gasteiger partial charge in [-0.25, -0.2) is 12.6 Å². The average Bonchev–Trinajstić information content (AvgIpc) is 2.81. The van der Waals surface area contributed by atoms with E-state index >= 15 is 0 Å². The number of phenolic OH excluding ortho intramolecular Hbond substituents is 1. The number of fused-ring (bicyclic) bond motifs is 2. The Morgan fingerprint density at radius 2 is 1.54 bits per heavy atom. The molecule has 13 nitrogen and oxygen atoms in total. The predicted octanol–water partition coefficient (Wildman–Crippen LogP) is 3.84. The van der Waals surface area contributed by atoms with Gasteiger partial charge >= 0.3 is 10.4 Å². The quantitative estimate of drug-likeness (QED) is 0.130. The van der Waals surface area contributed by atoms with Gasteiger partial charge in [0.1, 0.15) is 16.3 Å². The molecule has 0 radical (unpaired) electrons. The molecule has 0 aliphatic carbocycles. The highest BCUT2D eigenvalue weighted by Crippen LogP contribution is 2.41. The fourth-order valence-electron chi connectivity index (χ4n) is 3.94. The second-order valence-corrected chi connectivity index (χ2v) is 13.0. The molecule has 16 heteroatoms. The summed E-state index contributed by atoms with van der Waals surface area (Å²) in [5.41, 5.74) is 6.58. The Kier molecular flexibility index (Phi) is 7.37. The first-order valence-corrected chi connectivity index (χ1v) is 15.3. The van der Waals surface area contributed by atoms with Crippen LogP contribution in [-0.2, 0) is 34.5 Å². The SMILES string of the molecule is Cc1cc2cc(N)ccc2c(O)c1N=Nc1ccc2cc(S(=O)(=O)CCOS(=O)(=O)O)ccc2c1S(=O)(=O)O. The molecular weight excluding hydrogens is 574 g/mol. The van der Waals surface area contributed by atoms with E-state index in [-0.39, 0.29) is 32.8 Å². The predicted molar refractivity (Wildman–Crippen MR) is 142 cm³/mol. The summed E-state index contributed by atoms with van der Waals surface area (Å²) in [6.07, 6.45) is 0. The molecule has 4 aromatic rings. The number of benzene rings is 4. The highest BCUT2D eigenvalue weighted by atomic mass is 32.3. The third-order valence-electron chi connectivity index (χ3n) is 5.68. The molecule has 0 heterocycles. The molecule has 4 rings (SSSR count). The van der Waals surface area contributed by atoms with Crippen molar-refractivity contribution in [3.05, 3.63) is 60.2 Å². The molecule has 0 saturated heterocycles. The molecule has 39 heavy (non-hydrogen) atoms. The minimum Gasteiger partial charge on any atom is -0.505 e. The van der Waals surface area contributed by atoms with Gasteiger partial charge in [0.25, 0.3) is 10.1 Å². The number of azo groups is 1. The Labute approximate surface area is 223 Å². The Morgan fingerprint density at radius 1 is 0.846 bits per heavy atom. The number of sulfone groups is 1. The average molecular weight is 596 g/mol. The fourth-order valence-corrected chi connectivity index (χ4v) is 6.30. The van der Waals surface area contributed by atoms with Gasteiger partial charge in [-0.2, -0.15) is 16.8 Å². The first-order chi connectivity index (χ1) is 18.1. The molecule has 0 unspecified atom stereocenters. The van der Waals surface area contributed by atoms with Gasteiger partial charge in [-0.3, -0.25) is 9.11 Å². The lowest BCUT2D eigenvalue weighted by Crippen LogP contribution is -2.15. The largest absolute Gasteiger partial charge is 0.505 e. The molecule has 0 saturated carbocycles. The van der Waals surface area contributed by atoms with Crippen LogP contribution in [0.15, 0.2) is 74.6 Å². The molecule has 0 aromatic heterocycles. The molecule has 0 fully saturated rings. The van der Waals surface area contributed by atoms with E-state index in [0.29, 0.717) is 22.0 Å². The minimum atomic E-state index is -4.90. The molecule has 206 valence electrons. The van der Waals surface area contributed by atoms with E-state index in [4.69, 9.17) is 10.3 Å². The van der Waals surface area contributed by atoms with Crippen molar-refractivity contribution >= 4 is 69.0 Å². The van der Waals surface area contributed by atoms with Crippen molar-refractivity contribution in [1.29, 1.82) is 0 Å². The molecule has 4 aromatic carbocycles. The number of nitrogens with zero attached hydrogens (tertiary/aromatic N) is 2. The first-order valence-electron chi connectivity index (χ1n) is 10.9. The van der Waals surface area contributed by atoms with Gasteiger partial charge in [-0.15, -0.1) is 10.2 Å². The number of nitrogens with two attached hydrogens (primary N) is 1. The van der Waals surface area contributed by atoms with Gasteiger partial charge < -0.3 is 10.8 Å². The van der Waals surface area contributed by atoms with Crippen molar-refractivity contribution in [2.75, 3.05) is 18.1 Å². The van der Waals surface area contributed by atoms with Crippen LogP contribution in [0, 0.1) is 6.92 Å². The first kappa shape index (κ1) is 28.3. The lowest BCUT2D eigenvalue weighted by molar-refractivity contribution is 0.284. The van der Waals surface area contributed by atoms with Gasteiger partial charge in [-0.1, -0.05) is 12.1 Å². The second kappa shape index (κ2) is 10.1. The molecule has 0 bridgehead atoms. The number of hydrogen-bond donors (Lipinski definition) is 4.